The van der Waals surface area contributed by atoms with Gasteiger partial charge in [-0.05, 0) is 6.07 Å². The van der Waals surface area contributed by atoms with Crippen LogP contribution in [0.5, 0.6) is 0 Å². The molecule has 3 aliphatic heterocycles. The number of anilines is 1. The molecule has 2 saturated heterocycles. The molecule has 0 atom stereocenters. The largest absolute Gasteiger partial charge is 0.378 e. The number of amides is 1. The van der Waals surface area contributed by atoms with Crippen LogP contribution in [0.1, 0.15) is 5.56 Å². The van der Waals surface area contributed by atoms with E-state index < -0.39 is 0 Å². The van der Waals surface area contributed by atoms with Crippen LogP contribution in [-0.4, -0.2) is 68.3 Å². The van der Waals surface area contributed by atoms with Crippen molar-refractivity contribution in [1.82, 2.24) is 9.80 Å². The second-order valence-corrected chi connectivity index (χ2v) is 5.90. The van der Waals surface area contributed by atoms with Gasteiger partial charge in [0.05, 0.1) is 32.0 Å². The molecule has 2 fully saturated rings. The summed E-state index contributed by atoms with van der Waals surface area (Å²) in [6.45, 7) is 6.04. The predicted molar refractivity (Wildman–Crippen MR) is 86.8 cm³/mol. The van der Waals surface area contributed by atoms with Gasteiger partial charge in [-0.15, -0.1) is 0 Å². The van der Waals surface area contributed by atoms with Crippen molar-refractivity contribution in [1.29, 1.82) is 0 Å². The number of nitrogens with zero attached hydrogens (tertiary/aromatic N) is 2. The van der Waals surface area contributed by atoms with Crippen molar-refractivity contribution in [2.45, 2.75) is 0 Å². The molecule has 23 heavy (non-hydrogen) atoms. The Morgan fingerprint density at radius 2 is 1.48 bits per heavy atom. The molecule has 1 N–H and O–H groups in total. The fraction of sp³-hybridized carbons (Fsp3) is 0.471. The van der Waals surface area contributed by atoms with Gasteiger partial charge in [0.15, 0.2) is 0 Å². The Labute approximate surface area is 135 Å². The maximum absolute atomic E-state index is 12.7. The summed E-state index contributed by atoms with van der Waals surface area (Å²) in [5, 5.41) is 2.99. The van der Waals surface area contributed by atoms with Crippen LogP contribution in [0.25, 0.3) is 5.57 Å². The fourth-order valence-electron chi connectivity index (χ4n) is 3.41. The molecule has 0 aromatic heterocycles. The molecule has 1 aromatic rings. The van der Waals surface area contributed by atoms with E-state index in [4.69, 9.17) is 9.47 Å². The van der Waals surface area contributed by atoms with Crippen LogP contribution in [0.15, 0.2) is 30.1 Å². The number of nitrogens with one attached hydrogen (secondary N) is 1. The smallest absolute Gasteiger partial charge is 0.260 e. The van der Waals surface area contributed by atoms with Crippen molar-refractivity contribution < 1.29 is 14.3 Å². The Morgan fingerprint density at radius 1 is 0.913 bits per heavy atom. The summed E-state index contributed by atoms with van der Waals surface area (Å²) in [6, 6.07) is 7.90. The van der Waals surface area contributed by atoms with E-state index in [-0.39, 0.29) is 5.91 Å². The van der Waals surface area contributed by atoms with Crippen molar-refractivity contribution in [3.8, 4) is 0 Å². The van der Waals surface area contributed by atoms with E-state index in [1.165, 1.54) is 0 Å². The maximum Gasteiger partial charge on any atom is 0.260 e. The van der Waals surface area contributed by atoms with Crippen LogP contribution >= 0.6 is 0 Å². The van der Waals surface area contributed by atoms with Crippen molar-refractivity contribution in [2.24, 2.45) is 0 Å². The van der Waals surface area contributed by atoms with Crippen LogP contribution in [0, 0.1) is 0 Å². The van der Waals surface area contributed by atoms with E-state index >= 15 is 0 Å². The summed E-state index contributed by atoms with van der Waals surface area (Å²) >= 11 is 0. The SMILES string of the molecule is O=C1Nc2ccccc2C1=C(N1CCOCC1)N1CCOCC1. The first kappa shape index (κ1) is 14.5. The molecule has 0 spiro atoms. The molecule has 0 aliphatic carbocycles. The van der Waals surface area contributed by atoms with Gasteiger partial charge in [-0.3, -0.25) is 4.79 Å². The van der Waals surface area contributed by atoms with E-state index in [1.54, 1.807) is 0 Å². The quantitative estimate of drug-likeness (QED) is 0.824. The normalized spacial score (nSPS) is 21.2. The molecule has 0 saturated carbocycles. The van der Waals surface area contributed by atoms with Gasteiger partial charge in [0.2, 0.25) is 0 Å². The molecule has 0 bridgehead atoms. The Balaban J connectivity index is 1.81. The molecule has 0 unspecified atom stereocenters. The van der Waals surface area contributed by atoms with Crippen LogP contribution in [0.2, 0.25) is 0 Å². The number of rotatable bonds is 2. The molecule has 3 heterocycles. The minimum atomic E-state index is -0.0146. The van der Waals surface area contributed by atoms with Gasteiger partial charge < -0.3 is 24.6 Å². The molecule has 4 rings (SSSR count). The third-order valence-corrected chi connectivity index (χ3v) is 4.52. The van der Waals surface area contributed by atoms with Crippen LogP contribution < -0.4 is 5.32 Å². The number of hydrogen-bond acceptors (Lipinski definition) is 5. The first-order valence-electron chi connectivity index (χ1n) is 8.15. The van der Waals surface area contributed by atoms with Crippen LogP contribution in [0.3, 0.4) is 0 Å². The number of morpholine rings is 2. The zero-order chi connectivity index (χ0) is 15.6. The molecule has 1 aromatic carbocycles. The topological polar surface area (TPSA) is 54.0 Å². The Bertz CT molecular complexity index is 612. The van der Waals surface area contributed by atoms with Gasteiger partial charge in [-0.25, -0.2) is 0 Å². The van der Waals surface area contributed by atoms with Crippen molar-refractivity contribution in [3.05, 3.63) is 35.6 Å². The molecule has 3 aliphatic rings. The molecule has 122 valence electrons. The number of ether oxygens (including phenoxy) is 2. The van der Waals surface area contributed by atoms with Gasteiger partial charge in [0.25, 0.3) is 5.91 Å². The average Bonchev–Trinajstić information content (AvgIpc) is 2.94. The third kappa shape index (κ3) is 2.68. The number of para-hydroxylation sites is 1. The predicted octanol–water partition coefficient (Wildman–Crippen LogP) is 0.972. The maximum atomic E-state index is 12.7. The van der Waals surface area contributed by atoms with Crippen molar-refractivity contribution in [3.63, 3.8) is 0 Å². The summed E-state index contributed by atoms with van der Waals surface area (Å²) < 4.78 is 11.0. The molecule has 1 amide bonds. The van der Waals surface area contributed by atoms with E-state index in [1.807, 2.05) is 24.3 Å². The molecular formula is C17H21N3O3. The lowest BCUT2D eigenvalue weighted by molar-refractivity contribution is -0.111. The van der Waals surface area contributed by atoms with Gasteiger partial charge in [-0.1, -0.05) is 18.2 Å². The second kappa shape index (κ2) is 6.22. The van der Waals surface area contributed by atoms with Crippen LogP contribution in [-0.2, 0) is 14.3 Å². The highest BCUT2D eigenvalue weighted by Gasteiger charge is 2.33. The second-order valence-electron chi connectivity index (χ2n) is 5.90. The zero-order valence-corrected chi connectivity index (χ0v) is 13.1. The number of carbonyl (C=O) groups excluding carboxylic acids is 1. The molecule has 6 heteroatoms. The van der Waals surface area contributed by atoms with E-state index in [2.05, 4.69) is 15.1 Å². The van der Waals surface area contributed by atoms with Crippen LogP contribution in [0.4, 0.5) is 5.69 Å². The summed E-state index contributed by atoms with van der Waals surface area (Å²) in [7, 11) is 0. The standard InChI is InChI=1S/C17H21N3O3/c21-16-15(13-3-1-2-4-14(13)18-16)17(19-5-9-22-10-6-19)20-7-11-23-12-8-20/h1-4H,5-12H2,(H,18,21). The summed E-state index contributed by atoms with van der Waals surface area (Å²) in [4.78, 5) is 17.2. The summed E-state index contributed by atoms with van der Waals surface area (Å²) in [5.74, 6) is 1.01. The number of carbonyl (C=O) groups is 1. The Kier molecular flexibility index (Phi) is 3.93. The van der Waals surface area contributed by atoms with E-state index in [0.717, 1.165) is 48.8 Å². The lowest BCUT2D eigenvalue weighted by Gasteiger charge is -2.40. The minimum Gasteiger partial charge on any atom is -0.378 e. The van der Waals surface area contributed by atoms with Crippen molar-refractivity contribution >= 4 is 17.2 Å². The van der Waals surface area contributed by atoms with Crippen molar-refractivity contribution in [2.75, 3.05) is 57.9 Å². The van der Waals surface area contributed by atoms with E-state index in [0.29, 0.717) is 26.4 Å². The van der Waals surface area contributed by atoms with Gasteiger partial charge in [-0.2, -0.15) is 0 Å². The number of fused-ring (bicyclic) bond motifs is 1. The third-order valence-electron chi connectivity index (χ3n) is 4.52. The highest BCUT2D eigenvalue weighted by atomic mass is 16.5. The molecule has 0 radical (unpaired) electrons. The molecule has 6 nitrogen and oxygen atoms in total. The fourth-order valence-corrected chi connectivity index (χ4v) is 3.41. The minimum absolute atomic E-state index is 0.0146. The summed E-state index contributed by atoms with van der Waals surface area (Å²) in [6.07, 6.45) is 0. The highest BCUT2D eigenvalue weighted by Crippen LogP contribution is 2.36. The van der Waals surface area contributed by atoms with Gasteiger partial charge in [0.1, 0.15) is 5.82 Å². The first-order valence-corrected chi connectivity index (χ1v) is 8.15. The summed E-state index contributed by atoms with van der Waals surface area (Å²) in [5.41, 5.74) is 2.67. The monoisotopic (exact) mass is 315 g/mol. The number of benzene rings is 1. The first-order chi connectivity index (χ1) is 11.3. The lowest BCUT2D eigenvalue weighted by Crippen LogP contribution is -2.46. The average molecular weight is 315 g/mol. The lowest BCUT2D eigenvalue weighted by atomic mass is 10.1. The Hall–Kier alpha value is -2.05. The molecular weight excluding hydrogens is 294 g/mol. The van der Waals surface area contributed by atoms with Gasteiger partial charge >= 0.3 is 0 Å². The Morgan fingerprint density at radius 3 is 2.09 bits per heavy atom. The van der Waals surface area contributed by atoms with Gasteiger partial charge in [0, 0.05) is 37.4 Å². The highest BCUT2D eigenvalue weighted by molar-refractivity contribution is 6.32. The zero-order valence-electron chi connectivity index (χ0n) is 13.1. The van der Waals surface area contributed by atoms with E-state index in [9.17, 15) is 4.79 Å². The number of hydrogen-bond donors (Lipinski definition) is 1.